The van der Waals surface area contributed by atoms with Crippen LogP contribution in [0.1, 0.15) is 45.4 Å². The molecule has 0 saturated carbocycles. The van der Waals surface area contributed by atoms with E-state index in [4.69, 9.17) is 0 Å². The summed E-state index contributed by atoms with van der Waals surface area (Å²) in [5.74, 6) is 1.16. The van der Waals surface area contributed by atoms with Crippen molar-refractivity contribution in [1.29, 1.82) is 0 Å². The van der Waals surface area contributed by atoms with E-state index in [2.05, 4.69) is 53.2 Å². The van der Waals surface area contributed by atoms with Crippen molar-refractivity contribution in [2.45, 2.75) is 39.5 Å². The fraction of sp³-hybridized carbons (Fsp3) is 0.409. The molecule has 2 heterocycles. The summed E-state index contributed by atoms with van der Waals surface area (Å²) in [4.78, 5) is 13.6. The number of hydrogen-bond acceptors (Lipinski definition) is 4. The highest BCUT2D eigenvalue weighted by Gasteiger charge is 2.15. The number of rotatable bonds is 6. The fourth-order valence-electron chi connectivity index (χ4n) is 2.68. The molecule has 1 N–H and O–H groups in total. The van der Waals surface area contributed by atoms with Crippen molar-refractivity contribution >= 4 is 0 Å². The standard InChI is InChI=1S/C17H18N4.C5H13N/c1-12(2)17-18-10-9-14(20-17)16-15(19-11-21(16)3)13-7-5-4-6-8-13;1-3-4-5-6-2/h4-12H,1-3H3;6H,3-5H2,1-2H3. The third-order valence-corrected chi connectivity index (χ3v) is 4.20. The van der Waals surface area contributed by atoms with Crippen LogP contribution in [0.4, 0.5) is 0 Å². The molecule has 0 bridgehead atoms. The van der Waals surface area contributed by atoms with Crippen molar-refractivity contribution in [2.75, 3.05) is 13.6 Å². The maximum absolute atomic E-state index is 4.69. The van der Waals surface area contributed by atoms with Crippen LogP contribution >= 0.6 is 0 Å². The molecule has 5 heteroatoms. The molecule has 1 aromatic carbocycles. The third kappa shape index (κ3) is 5.73. The summed E-state index contributed by atoms with van der Waals surface area (Å²) in [6.45, 7) is 7.55. The Kier molecular flexibility index (Phi) is 8.14. The smallest absolute Gasteiger partial charge is 0.131 e. The molecule has 0 saturated heterocycles. The number of nitrogens with zero attached hydrogens (tertiary/aromatic N) is 4. The first-order chi connectivity index (χ1) is 13.1. The summed E-state index contributed by atoms with van der Waals surface area (Å²) >= 11 is 0. The predicted molar refractivity (Wildman–Crippen MR) is 113 cm³/mol. The van der Waals surface area contributed by atoms with Crippen LogP contribution in [0.15, 0.2) is 48.9 Å². The summed E-state index contributed by atoms with van der Waals surface area (Å²) in [7, 11) is 3.97. The second kappa shape index (κ2) is 10.6. The van der Waals surface area contributed by atoms with Gasteiger partial charge < -0.3 is 9.88 Å². The molecular formula is C22H31N5. The average molecular weight is 366 g/mol. The van der Waals surface area contributed by atoms with Crippen molar-refractivity contribution < 1.29 is 0 Å². The van der Waals surface area contributed by atoms with Gasteiger partial charge in [0.1, 0.15) is 5.82 Å². The molecule has 0 atom stereocenters. The number of unbranched alkanes of at least 4 members (excludes halogenated alkanes) is 1. The van der Waals surface area contributed by atoms with Gasteiger partial charge in [-0.05, 0) is 26.1 Å². The van der Waals surface area contributed by atoms with Gasteiger partial charge in [-0.25, -0.2) is 15.0 Å². The van der Waals surface area contributed by atoms with E-state index in [9.17, 15) is 0 Å². The monoisotopic (exact) mass is 365 g/mol. The van der Waals surface area contributed by atoms with E-state index in [1.807, 2.05) is 55.5 Å². The van der Waals surface area contributed by atoms with E-state index in [0.29, 0.717) is 5.92 Å². The fourth-order valence-corrected chi connectivity index (χ4v) is 2.68. The van der Waals surface area contributed by atoms with Gasteiger partial charge in [-0.15, -0.1) is 0 Å². The van der Waals surface area contributed by atoms with Gasteiger partial charge in [0.25, 0.3) is 0 Å². The van der Waals surface area contributed by atoms with Crippen molar-refractivity contribution in [3.63, 3.8) is 0 Å². The Hall–Kier alpha value is -2.53. The third-order valence-electron chi connectivity index (χ3n) is 4.20. The van der Waals surface area contributed by atoms with E-state index >= 15 is 0 Å². The molecule has 2 aromatic heterocycles. The van der Waals surface area contributed by atoms with Crippen LogP contribution in [0, 0.1) is 0 Å². The van der Waals surface area contributed by atoms with Crippen LogP contribution in [0.5, 0.6) is 0 Å². The minimum atomic E-state index is 0.304. The number of benzene rings is 1. The van der Waals surface area contributed by atoms with Gasteiger partial charge in [0.05, 0.1) is 23.4 Å². The van der Waals surface area contributed by atoms with Gasteiger partial charge in [0, 0.05) is 24.7 Å². The highest BCUT2D eigenvalue weighted by molar-refractivity contribution is 5.76. The second-order valence-electron chi connectivity index (χ2n) is 6.83. The molecule has 0 amide bonds. The Balaban J connectivity index is 0.000000380. The summed E-state index contributed by atoms with van der Waals surface area (Å²) in [5, 5.41) is 3.07. The van der Waals surface area contributed by atoms with Crippen molar-refractivity contribution in [2.24, 2.45) is 7.05 Å². The molecule has 0 aliphatic heterocycles. The Morgan fingerprint density at radius 3 is 2.41 bits per heavy atom. The zero-order valence-corrected chi connectivity index (χ0v) is 17.1. The number of nitrogens with one attached hydrogen (secondary N) is 1. The lowest BCUT2D eigenvalue weighted by molar-refractivity contribution is 0.711. The molecule has 0 radical (unpaired) electrons. The molecule has 27 heavy (non-hydrogen) atoms. The molecular weight excluding hydrogens is 334 g/mol. The van der Waals surface area contributed by atoms with Crippen LogP contribution in [0.2, 0.25) is 0 Å². The van der Waals surface area contributed by atoms with Gasteiger partial charge in [0.15, 0.2) is 0 Å². The first-order valence-corrected chi connectivity index (χ1v) is 9.63. The lowest BCUT2D eigenvalue weighted by Crippen LogP contribution is -2.06. The highest BCUT2D eigenvalue weighted by atomic mass is 15.1. The van der Waals surface area contributed by atoms with Crippen molar-refractivity contribution in [3.8, 4) is 22.6 Å². The minimum absolute atomic E-state index is 0.304. The Morgan fingerprint density at radius 1 is 1.07 bits per heavy atom. The number of hydrogen-bond donors (Lipinski definition) is 1. The van der Waals surface area contributed by atoms with Crippen LogP contribution < -0.4 is 5.32 Å². The maximum Gasteiger partial charge on any atom is 0.131 e. The van der Waals surface area contributed by atoms with Crippen LogP contribution in [0.25, 0.3) is 22.6 Å². The van der Waals surface area contributed by atoms with Gasteiger partial charge in [0.2, 0.25) is 0 Å². The SMILES string of the molecule is CC(C)c1nccc(-c2c(-c3ccccc3)ncn2C)n1.CCCCNC. The van der Waals surface area contributed by atoms with E-state index in [1.54, 1.807) is 0 Å². The number of imidazole rings is 1. The van der Waals surface area contributed by atoms with Crippen LogP contribution in [-0.2, 0) is 7.05 Å². The normalized spacial score (nSPS) is 10.6. The summed E-state index contributed by atoms with van der Waals surface area (Å²) in [6, 6.07) is 12.1. The van der Waals surface area contributed by atoms with Gasteiger partial charge in [-0.2, -0.15) is 0 Å². The molecule has 0 aliphatic rings. The lowest BCUT2D eigenvalue weighted by atomic mass is 10.1. The quantitative estimate of drug-likeness (QED) is 0.645. The van der Waals surface area contributed by atoms with Crippen molar-refractivity contribution in [3.05, 3.63) is 54.7 Å². The van der Waals surface area contributed by atoms with Gasteiger partial charge in [-0.3, -0.25) is 0 Å². The lowest BCUT2D eigenvalue weighted by Gasteiger charge is -2.09. The zero-order valence-electron chi connectivity index (χ0n) is 17.1. The summed E-state index contributed by atoms with van der Waals surface area (Å²) < 4.78 is 2.01. The minimum Gasteiger partial charge on any atom is -0.332 e. The summed E-state index contributed by atoms with van der Waals surface area (Å²) in [6.07, 6.45) is 6.24. The molecule has 0 spiro atoms. The summed E-state index contributed by atoms with van der Waals surface area (Å²) in [5.41, 5.74) is 3.97. The number of aryl methyl sites for hydroxylation is 1. The Bertz CT molecular complexity index is 805. The second-order valence-corrected chi connectivity index (χ2v) is 6.83. The molecule has 144 valence electrons. The maximum atomic E-state index is 4.69. The van der Waals surface area contributed by atoms with Gasteiger partial charge in [-0.1, -0.05) is 57.5 Å². The topological polar surface area (TPSA) is 55.6 Å². The first kappa shape index (κ1) is 20.8. The molecule has 0 fully saturated rings. The molecule has 0 unspecified atom stereocenters. The molecule has 5 nitrogen and oxygen atoms in total. The van der Waals surface area contributed by atoms with E-state index in [0.717, 1.165) is 35.0 Å². The molecule has 3 aromatic rings. The van der Waals surface area contributed by atoms with E-state index < -0.39 is 0 Å². The molecule has 0 aliphatic carbocycles. The predicted octanol–water partition coefficient (Wildman–Crippen LogP) is 4.67. The average Bonchev–Trinajstić information content (AvgIpc) is 3.09. The zero-order chi connectivity index (χ0) is 19.6. The van der Waals surface area contributed by atoms with Gasteiger partial charge >= 0.3 is 0 Å². The van der Waals surface area contributed by atoms with Crippen LogP contribution in [-0.4, -0.2) is 33.1 Å². The first-order valence-electron chi connectivity index (χ1n) is 9.63. The van der Waals surface area contributed by atoms with Crippen molar-refractivity contribution in [1.82, 2.24) is 24.8 Å². The Morgan fingerprint density at radius 2 is 1.81 bits per heavy atom. The van der Waals surface area contributed by atoms with E-state index in [-0.39, 0.29) is 0 Å². The largest absolute Gasteiger partial charge is 0.332 e. The number of aromatic nitrogens is 4. The van der Waals surface area contributed by atoms with E-state index in [1.165, 1.54) is 12.8 Å². The molecule has 3 rings (SSSR count). The highest BCUT2D eigenvalue weighted by Crippen LogP contribution is 2.29. The van der Waals surface area contributed by atoms with Crippen LogP contribution in [0.3, 0.4) is 0 Å². The Labute approximate surface area is 162 Å².